The third-order valence-corrected chi connectivity index (χ3v) is 4.64. The Morgan fingerprint density at radius 2 is 2.00 bits per heavy atom. The van der Waals surface area contributed by atoms with E-state index in [1.807, 2.05) is 38.1 Å². The van der Waals surface area contributed by atoms with Gasteiger partial charge in [0.2, 0.25) is 0 Å². The van der Waals surface area contributed by atoms with Crippen LogP contribution in [-0.4, -0.2) is 34.3 Å². The number of benzene rings is 1. The first-order valence-electron chi connectivity index (χ1n) is 8.85. The topological polar surface area (TPSA) is 73.2 Å². The van der Waals surface area contributed by atoms with Crippen molar-refractivity contribution in [1.29, 1.82) is 0 Å². The van der Waals surface area contributed by atoms with E-state index in [0.717, 1.165) is 18.4 Å². The lowest BCUT2D eigenvalue weighted by Crippen LogP contribution is -2.30. The van der Waals surface area contributed by atoms with Gasteiger partial charge in [-0.25, -0.2) is 9.48 Å². The SMILES string of the molecule is Cc1ccc(Cn2nc(C)c(/C=C/C(=O)OCC(=O)NC3CC3)c2Cl)cc1. The number of carbonyl (C=O) groups is 2. The molecule has 1 amide bonds. The minimum Gasteiger partial charge on any atom is -0.452 e. The zero-order valence-electron chi connectivity index (χ0n) is 15.4. The van der Waals surface area contributed by atoms with Gasteiger partial charge in [-0.3, -0.25) is 4.79 Å². The smallest absolute Gasteiger partial charge is 0.331 e. The maximum Gasteiger partial charge on any atom is 0.331 e. The van der Waals surface area contributed by atoms with Crippen molar-refractivity contribution in [3.05, 3.63) is 57.9 Å². The van der Waals surface area contributed by atoms with Crippen LogP contribution in [0.5, 0.6) is 0 Å². The van der Waals surface area contributed by atoms with Crippen LogP contribution >= 0.6 is 11.6 Å². The molecule has 7 heteroatoms. The van der Waals surface area contributed by atoms with E-state index < -0.39 is 5.97 Å². The minimum atomic E-state index is -0.595. The van der Waals surface area contributed by atoms with Gasteiger partial charge in [-0.2, -0.15) is 5.10 Å². The highest BCUT2D eigenvalue weighted by Crippen LogP contribution is 2.22. The van der Waals surface area contributed by atoms with Crippen molar-refractivity contribution in [1.82, 2.24) is 15.1 Å². The Kier molecular flexibility index (Phi) is 5.96. The number of halogens is 1. The van der Waals surface area contributed by atoms with Crippen molar-refractivity contribution in [2.75, 3.05) is 6.61 Å². The highest BCUT2D eigenvalue weighted by atomic mass is 35.5. The molecule has 0 saturated heterocycles. The normalized spacial score (nSPS) is 13.7. The van der Waals surface area contributed by atoms with Crippen molar-refractivity contribution in [2.24, 2.45) is 0 Å². The Bertz CT molecular complexity index is 867. The second-order valence-electron chi connectivity index (χ2n) is 6.72. The summed E-state index contributed by atoms with van der Waals surface area (Å²) in [6, 6.07) is 8.38. The lowest BCUT2D eigenvalue weighted by molar-refractivity contribution is -0.143. The van der Waals surface area contributed by atoms with Crippen LogP contribution in [0.3, 0.4) is 0 Å². The van der Waals surface area contributed by atoms with Gasteiger partial charge in [0, 0.05) is 17.7 Å². The standard InChI is InChI=1S/C20H22ClN3O3/c1-13-3-5-15(6-4-13)11-24-20(21)17(14(2)23-24)9-10-19(26)27-12-18(25)22-16-7-8-16/h3-6,9-10,16H,7-8,11-12H2,1-2H3,(H,22,25)/b10-9+. The van der Waals surface area contributed by atoms with Gasteiger partial charge in [-0.1, -0.05) is 41.4 Å². The van der Waals surface area contributed by atoms with E-state index in [1.54, 1.807) is 10.8 Å². The van der Waals surface area contributed by atoms with Crippen LogP contribution in [0.25, 0.3) is 6.08 Å². The summed E-state index contributed by atoms with van der Waals surface area (Å²) in [6.07, 6.45) is 4.81. The minimum absolute atomic E-state index is 0.243. The molecule has 1 saturated carbocycles. The van der Waals surface area contributed by atoms with Gasteiger partial charge in [0.25, 0.3) is 5.91 Å². The summed E-state index contributed by atoms with van der Waals surface area (Å²) in [7, 11) is 0. The number of rotatable bonds is 7. The fraction of sp³-hybridized carbons (Fsp3) is 0.350. The molecule has 27 heavy (non-hydrogen) atoms. The summed E-state index contributed by atoms with van der Waals surface area (Å²) in [5.41, 5.74) is 3.64. The number of ether oxygens (including phenoxy) is 1. The molecule has 3 rings (SSSR count). The number of hydrogen-bond acceptors (Lipinski definition) is 4. The summed E-state index contributed by atoms with van der Waals surface area (Å²) >= 11 is 6.42. The fourth-order valence-corrected chi connectivity index (χ4v) is 2.86. The summed E-state index contributed by atoms with van der Waals surface area (Å²) in [5.74, 6) is -0.873. The summed E-state index contributed by atoms with van der Waals surface area (Å²) < 4.78 is 6.63. The Hall–Kier alpha value is -2.60. The van der Waals surface area contributed by atoms with Gasteiger partial charge < -0.3 is 10.1 Å². The largest absolute Gasteiger partial charge is 0.452 e. The molecule has 0 bridgehead atoms. The average Bonchev–Trinajstić information content (AvgIpc) is 3.40. The van der Waals surface area contributed by atoms with Crippen molar-refractivity contribution in [2.45, 2.75) is 39.3 Å². The number of aryl methyl sites for hydroxylation is 2. The third kappa shape index (κ3) is 5.44. The van der Waals surface area contributed by atoms with E-state index in [9.17, 15) is 9.59 Å². The van der Waals surface area contributed by atoms with Gasteiger partial charge >= 0.3 is 5.97 Å². The molecule has 0 radical (unpaired) electrons. The first kappa shape index (κ1) is 19.2. The number of carbonyl (C=O) groups excluding carboxylic acids is 2. The number of aromatic nitrogens is 2. The van der Waals surface area contributed by atoms with E-state index in [1.165, 1.54) is 11.6 Å². The Morgan fingerprint density at radius 1 is 1.30 bits per heavy atom. The van der Waals surface area contributed by atoms with Crippen LogP contribution in [0.15, 0.2) is 30.3 Å². The molecule has 1 aromatic carbocycles. The summed E-state index contributed by atoms with van der Waals surface area (Å²) in [6.45, 7) is 4.12. The zero-order valence-corrected chi connectivity index (χ0v) is 16.1. The molecule has 0 atom stereocenters. The molecule has 6 nitrogen and oxygen atoms in total. The molecule has 1 heterocycles. The fourth-order valence-electron chi connectivity index (χ4n) is 2.56. The van der Waals surface area contributed by atoms with Crippen LogP contribution in [-0.2, 0) is 20.9 Å². The van der Waals surface area contributed by atoms with E-state index in [-0.39, 0.29) is 18.6 Å². The van der Waals surface area contributed by atoms with E-state index in [4.69, 9.17) is 16.3 Å². The van der Waals surface area contributed by atoms with E-state index >= 15 is 0 Å². The summed E-state index contributed by atoms with van der Waals surface area (Å²) in [5, 5.41) is 7.64. The van der Waals surface area contributed by atoms with Gasteiger partial charge in [-0.15, -0.1) is 0 Å². The molecular weight excluding hydrogens is 366 g/mol. The molecule has 1 fully saturated rings. The van der Waals surface area contributed by atoms with Crippen LogP contribution in [0.2, 0.25) is 5.15 Å². The molecule has 142 valence electrons. The van der Waals surface area contributed by atoms with Crippen LogP contribution in [0.4, 0.5) is 0 Å². The second kappa shape index (κ2) is 8.39. The van der Waals surface area contributed by atoms with E-state index in [0.29, 0.717) is 23.0 Å². The molecule has 1 aliphatic rings. The van der Waals surface area contributed by atoms with Gasteiger partial charge in [0.15, 0.2) is 6.61 Å². The number of nitrogens with one attached hydrogen (secondary N) is 1. The van der Waals surface area contributed by atoms with E-state index in [2.05, 4.69) is 10.4 Å². The molecule has 0 unspecified atom stereocenters. The molecule has 0 aliphatic heterocycles. The molecule has 0 spiro atoms. The molecule has 1 aromatic heterocycles. The van der Waals surface area contributed by atoms with Crippen LogP contribution < -0.4 is 5.32 Å². The third-order valence-electron chi connectivity index (χ3n) is 4.24. The van der Waals surface area contributed by atoms with Gasteiger partial charge in [-0.05, 0) is 38.3 Å². The first-order chi connectivity index (χ1) is 12.9. The first-order valence-corrected chi connectivity index (χ1v) is 9.23. The molecule has 1 aliphatic carbocycles. The number of hydrogen-bond donors (Lipinski definition) is 1. The number of esters is 1. The Labute approximate surface area is 163 Å². The highest BCUT2D eigenvalue weighted by Gasteiger charge is 2.23. The Balaban J connectivity index is 1.59. The average molecular weight is 388 g/mol. The second-order valence-corrected chi connectivity index (χ2v) is 7.07. The van der Waals surface area contributed by atoms with Crippen LogP contribution in [0.1, 0.15) is 35.2 Å². The Morgan fingerprint density at radius 3 is 2.67 bits per heavy atom. The quantitative estimate of drug-likeness (QED) is 0.585. The maximum absolute atomic E-state index is 11.8. The monoisotopic (exact) mass is 387 g/mol. The molecule has 2 aromatic rings. The van der Waals surface area contributed by atoms with Crippen molar-refractivity contribution < 1.29 is 14.3 Å². The van der Waals surface area contributed by atoms with Crippen LogP contribution in [0, 0.1) is 13.8 Å². The molecular formula is C20H22ClN3O3. The highest BCUT2D eigenvalue weighted by molar-refractivity contribution is 6.31. The lowest BCUT2D eigenvalue weighted by atomic mass is 10.1. The van der Waals surface area contributed by atoms with Gasteiger partial charge in [0.05, 0.1) is 12.2 Å². The molecule has 1 N–H and O–H groups in total. The predicted molar refractivity (Wildman–Crippen MR) is 103 cm³/mol. The van der Waals surface area contributed by atoms with Crippen molar-refractivity contribution in [3.8, 4) is 0 Å². The predicted octanol–water partition coefficient (Wildman–Crippen LogP) is 3.04. The number of nitrogens with zero attached hydrogens (tertiary/aromatic N) is 2. The van der Waals surface area contributed by atoms with Crippen molar-refractivity contribution >= 4 is 29.6 Å². The maximum atomic E-state index is 11.8. The lowest BCUT2D eigenvalue weighted by Gasteiger charge is -2.04. The zero-order chi connectivity index (χ0) is 19.4. The number of amides is 1. The van der Waals surface area contributed by atoms with Gasteiger partial charge in [0.1, 0.15) is 5.15 Å². The van der Waals surface area contributed by atoms with Crippen molar-refractivity contribution in [3.63, 3.8) is 0 Å². The summed E-state index contributed by atoms with van der Waals surface area (Å²) in [4.78, 5) is 23.3.